The zero-order valence-electron chi connectivity index (χ0n) is 9.55. The van der Waals surface area contributed by atoms with Crippen LogP contribution in [-0.2, 0) is 0 Å². The first-order valence-corrected chi connectivity index (χ1v) is 6.40. The number of rotatable bonds is 2. The molecule has 5 nitrogen and oxygen atoms in total. The number of carboxylic acid groups (broad SMARTS) is 1. The zero-order valence-corrected chi connectivity index (χ0v) is 10.4. The lowest BCUT2D eigenvalue weighted by Gasteiger charge is -2.28. The lowest BCUT2D eigenvalue weighted by atomic mass is 9.98. The van der Waals surface area contributed by atoms with Crippen LogP contribution in [0.5, 0.6) is 0 Å². The Labute approximate surface area is 103 Å². The Morgan fingerprint density at radius 3 is 2.59 bits per heavy atom. The standard InChI is InChI=1S/C11H14N2O3S/c1-7(14)9-6-17-10(12-9)8-2-4-13(5-3-8)11(15)16/h6,8H,2-5H2,1H3,(H,15,16). The molecule has 0 saturated carbocycles. The summed E-state index contributed by atoms with van der Waals surface area (Å²) < 4.78 is 0. The molecule has 2 rings (SSSR count). The van der Waals surface area contributed by atoms with Gasteiger partial charge in [-0.05, 0) is 12.8 Å². The first-order chi connectivity index (χ1) is 8.08. The average molecular weight is 254 g/mol. The molecule has 0 spiro atoms. The SMILES string of the molecule is CC(=O)c1csc(C2CCN(C(=O)O)CC2)n1. The smallest absolute Gasteiger partial charge is 0.407 e. The predicted molar refractivity (Wildman–Crippen MR) is 63.7 cm³/mol. The molecule has 1 fully saturated rings. The summed E-state index contributed by atoms with van der Waals surface area (Å²) in [6.45, 7) is 2.61. The molecule has 0 aliphatic carbocycles. The van der Waals surface area contributed by atoms with Crippen molar-refractivity contribution in [2.75, 3.05) is 13.1 Å². The van der Waals surface area contributed by atoms with Gasteiger partial charge in [0.05, 0.1) is 5.01 Å². The van der Waals surface area contributed by atoms with Crippen LogP contribution in [-0.4, -0.2) is 40.0 Å². The summed E-state index contributed by atoms with van der Waals surface area (Å²) in [6, 6.07) is 0. The monoisotopic (exact) mass is 254 g/mol. The highest BCUT2D eigenvalue weighted by Gasteiger charge is 2.25. The molecular formula is C11H14N2O3S. The summed E-state index contributed by atoms with van der Waals surface area (Å²) in [4.78, 5) is 27.6. The minimum Gasteiger partial charge on any atom is -0.465 e. The second-order valence-corrected chi connectivity index (χ2v) is 5.06. The molecular weight excluding hydrogens is 240 g/mol. The molecule has 92 valence electrons. The van der Waals surface area contributed by atoms with Crippen molar-refractivity contribution in [1.29, 1.82) is 0 Å². The van der Waals surface area contributed by atoms with Crippen molar-refractivity contribution in [2.24, 2.45) is 0 Å². The topological polar surface area (TPSA) is 70.5 Å². The van der Waals surface area contributed by atoms with Gasteiger partial charge in [0.2, 0.25) is 0 Å². The van der Waals surface area contributed by atoms with Gasteiger partial charge in [0.25, 0.3) is 0 Å². The van der Waals surface area contributed by atoms with Gasteiger partial charge in [-0.1, -0.05) is 0 Å². The fourth-order valence-electron chi connectivity index (χ4n) is 1.95. The molecule has 0 bridgehead atoms. The van der Waals surface area contributed by atoms with Crippen LogP contribution in [0.3, 0.4) is 0 Å². The van der Waals surface area contributed by atoms with Crippen LogP contribution >= 0.6 is 11.3 Å². The molecule has 0 unspecified atom stereocenters. The number of aromatic nitrogens is 1. The molecule has 1 amide bonds. The highest BCUT2D eigenvalue weighted by molar-refractivity contribution is 7.09. The van der Waals surface area contributed by atoms with Crippen molar-refractivity contribution >= 4 is 23.2 Å². The van der Waals surface area contributed by atoms with Crippen molar-refractivity contribution in [3.05, 3.63) is 16.1 Å². The molecule has 2 heterocycles. The molecule has 1 N–H and O–H groups in total. The minimum absolute atomic E-state index is 0.0181. The Balaban J connectivity index is 2.00. The van der Waals surface area contributed by atoms with Gasteiger partial charge in [0.15, 0.2) is 5.78 Å². The third kappa shape index (κ3) is 2.63. The normalized spacial score (nSPS) is 17.1. The highest BCUT2D eigenvalue weighted by Crippen LogP contribution is 2.30. The molecule has 1 saturated heterocycles. The largest absolute Gasteiger partial charge is 0.465 e. The van der Waals surface area contributed by atoms with E-state index in [0.29, 0.717) is 24.7 Å². The van der Waals surface area contributed by atoms with E-state index in [2.05, 4.69) is 4.98 Å². The maximum Gasteiger partial charge on any atom is 0.407 e. The van der Waals surface area contributed by atoms with E-state index in [1.807, 2.05) is 0 Å². The number of thiazole rings is 1. The van der Waals surface area contributed by atoms with E-state index < -0.39 is 6.09 Å². The second kappa shape index (κ2) is 4.83. The number of likely N-dealkylation sites (tertiary alicyclic amines) is 1. The first kappa shape index (κ1) is 12.0. The number of carbonyl (C=O) groups excluding carboxylic acids is 1. The molecule has 17 heavy (non-hydrogen) atoms. The van der Waals surface area contributed by atoms with Gasteiger partial charge in [0.1, 0.15) is 5.69 Å². The Bertz CT molecular complexity index is 436. The number of piperidine rings is 1. The van der Waals surface area contributed by atoms with Crippen molar-refractivity contribution in [3.8, 4) is 0 Å². The van der Waals surface area contributed by atoms with Crippen LogP contribution < -0.4 is 0 Å². The number of nitrogens with zero attached hydrogens (tertiary/aromatic N) is 2. The maximum absolute atomic E-state index is 11.1. The number of ketones is 1. The summed E-state index contributed by atoms with van der Waals surface area (Å²) in [5.74, 6) is 0.277. The van der Waals surface area contributed by atoms with Crippen molar-refractivity contribution in [3.63, 3.8) is 0 Å². The zero-order chi connectivity index (χ0) is 12.4. The van der Waals surface area contributed by atoms with Gasteiger partial charge < -0.3 is 10.0 Å². The fourth-order valence-corrected chi connectivity index (χ4v) is 2.98. The second-order valence-electron chi connectivity index (χ2n) is 4.17. The number of amides is 1. The summed E-state index contributed by atoms with van der Waals surface area (Å²) in [5, 5.41) is 11.6. The van der Waals surface area contributed by atoms with Crippen LogP contribution in [0.15, 0.2) is 5.38 Å². The maximum atomic E-state index is 11.1. The molecule has 6 heteroatoms. The molecule has 0 aromatic carbocycles. The van der Waals surface area contributed by atoms with Crippen LogP contribution in [0.2, 0.25) is 0 Å². The predicted octanol–water partition coefficient (Wildman–Crippen LogP) is 2.20. The first-order valence-electron chi connectivity index (χ1n) is 5.52. The summed E-state index contributed by atoms with van der Waals surface area (Å²) in [6.07, 6.45) is 0.723. The lowest BCUT2D eigenvalue weighted by Crippen LogP contribution is -2.36. The van der Waals surface area contributed by atoms with E-state index in [0.717, 1.165) is 17.8 Å². The summed E-state index contributed by atoms with van der Waals surface area (Å²) in [7, 11) is 0. The van der Waals surface area contributed by atoms with E-state index >= 15 is 0 Å². The molecule has 0 radical (unpaired) electrons. The van der Waals surface area contributed by atoms with Crippen LogP contribution in [0.25, 0.3) is 0 Å². The third-order valence-corrected chi connectivity index (χ3v) is 4.00. The minimum atomic E-state index is -0.855. The molecule has 1 aliphatic rings. The van der Waals surface area contributed by atoms with E-state index in [1.165, 1.54) is 23.2 Å². The van der Waals surface area contributed by atoms with E-state index in [4.69, 9.17) is 5.11 Å². The number of hydrogen-bond acceptors (Lipinski definition) is 4. The Morgan fingerprint density at radius 2 is 2.12 bits per heavy atom. The van der Waals surface area contributed by atoms with Gasteiger partial charge >= 0.3 is 6.09 Å². The van der Waals surface area contributed by atoms with Gasteiger partial charge in [0, 0.05) is 31.3 Å². The van der Waals surface area contributed by atoms with E-state index in [-0.39, 0.29) is 5.78 Å². The Hall–Kier alpha value is -1.43. The average Bonchev–Trinajstić information content (AvgIpc) is 2.78. The van der Waals surface area contributed by atoms with Crippen LogP contribution in [0.1, 0.15) is 41.2 Å². The Kier molecular flexibility index (Phi) is 3.42. The number of Topliss-reactive ketones (excluding diaryl/α,β-unsaturated/α-hetero) is 1. The molecule has 1 aromatic heterocycles. The van der Waals surface area contributed by atoms with Gasteiger partial charge in [-0.25, -0.2) is 9.78 Å². The van der Waals surface area contributed by atoms with Gasteiger partial charge in [-0.3, -0.25) is 4.79 Å². The fraction of sp³-hybridized carbons (Fsp3) is 0.545. The highest BCUT2D eigenvalue weighted by atomic mass is 32.1. The number of hydrogen-bond donors (Lipinski definition) is 1. The van der Waals surface area contributed by atoms with Crippen LogP contribution in [0, 0.1) is 0 Å². The summed E-state index contributed by atoms with van der Waals surface area (Å²) in [5.41, 5.74) is 0.519. The van der Waals surface area contributed by atoms with Gasteiger partial charge in [-0.2, -0.15) is 0 Å². The van der Waals surface area contributed by atoms with E-state index in [1.54, 1.807) is 5.38 Å². The molecule has 0 atom stereocenters. The van der Waals surface area contributed by atoms with E-state index in [9.17, 15) is 9.59 Å². The quantitative estimate of drug-likeness (QED) is 0.821. The van der Waals surface area contributed by atoms with Gasteiger partial charge in [-0.15, -0.1) is 11.3 Å². The lowest BCUT2D eigenvalue weighted by molar-refractivity contribution is 0.101. The third-order valence-electron chi connectivity index (χ3n) is 3.00. The van der Waals surface area contributed by atoms with Crippen molar-refractivity contribution in [2.45, 2.75) is 25.7 Å². The van der Waals surface area contributed by atoms with Crippen molar-refractivity contribution in [1.82, 2.24) is 9.88 Å². The molecule has 1 aromatic rings. The van der Waals surface area contributed by atoms with Crippen molar-refractivity contribution < 1.29 is 14.7 Å². The Morgan fingerprint density at radius 1 is 1.47 bits per heavy atom. The number of carbonyl (C=O) groups is 2. The summed E-state index contributed by atoms with van der Waals surface area (Å²) >= 11 is 1.50. The molecule has 1 aliphatic heterocycles. The van der Waals surface area contributed by atoms with Crippen LogP contribution in [0.4, 0.5) is 4.79 Å².